The Balaban J connectivity index is 1.66. The summed E-state index contributed by atoms with van der Waals surface area (Å²) in [5.74, 6) is -0.871. The quantitative estimate of drug-likeness (QED) is 0.426. The summed E-state index contributed by atoms with van der Waals surface area (Å²) in [6.07, 6.45) is 1.34. The second-order valence-electron chi connectivity index (χ2n) is 5.64. The van der Waals surface area contributed by atoms with Gasteiger partial charge in [-0.1, -0.05) is 30.0 Å². The highest BCUT2D eigenvalue weighted by Gasteiger charge is 2.17. The van der Waals surface area contributed by atoms with Crippen LogP contribution in [0.5, 0.6) is 0 Å². The molecule has 0 radical (unpaired) electrons. The molecule has 2 heterocycles. The van der Waals surface area contributed by atoms with E-state index < -0.39 is 11.5 Å². The number of rotatable bonds is 6. The number of carbonyl (C=O) groups excluding carboxylic acids is 2. The highest BCUT2D eigenvalue weighted by Crippen LogP contribution is 2.19. The summed E-state index contributed by atoms with van der Waals surface area (Å²) >= 11 is 1.04. The number of hydrogen-bond donors (Lipinski definition) is 3. The van der Waals surface area contributed by atoms with Crippen LogP contribution in [0.4, 0.5) is 17.2 Å². The second kappa shape index (κ2) is 8.44. The van der Waals surface area contributed by atoms with Gasteiger partial charge in [0.2, 0.25) is 5.91 Å². The van der Waals surface area contributed by atoms with E-state index in [0.29, 0.717) is 0 Å². The van der Waals surface area contributed by atoms with Crippen molar-refractivity contribution in [3.05, 3.63) is 64.8 Å². The van der Waals surface area contributed by atoms with Crippen molar-refractivity contribution >= 4 is 40.8 Å². The monoisotopic (exact) mass is 399 g/mol. The molecule has 0 saturated carbocycles. The van der Waals surface area contributed by atoms with Gasteiger partial charge in [-0.2, -0.15) is 0 Å². The number of nitrogens with one attached hydrogen (secondary N) is 2. The van der Waals surface area contributed by atoms with Crippen LogP contribution >= 0.6 is 11.8 Å². The number of anilines is 3. The van der Waals surface area contributed by atoms with Crippen LogP contribution in [-0.2, 0) is 4.79 Å². The van der Waals surface area contributed by atoms with Gasteiger partial charge in [0.25, 0.3) is 11.5 Å². The van der Waals surface area contributed by atoms with Gasteiger partial charge in [0.05, 0.1) is 12.0 Å². The number of nitrogens with zero attached hydrogens (tertiary/aromatic N) is 2. The van der Waals surface area contributed by atoms with E-state index in [9.17, 15) is 14.4 Å². The first-order valence-corrected chi connectivity index (χ1v) is 9.13. The van der Waals surface area contributed by atoms with Crippen molar-refractivity contribution in [1.29, 1.82) is 0 Å². The topological polar surface area (TPSA) is 134 Å². The van der Waals surface area contributed by atoms with Gasteiger partial charge in [0, 0.05) is 12.7 Å². The fraction of sp³-hybridized carbons (Fsp3) is 0.111. The summed E-state index contributed by atoms with van der Waals surface area (Å²) < 4.78 is 4.96. The second-order valence-corrected chi connectivity index (χ2v) is 6.60. The van der Waals surface area contributed by atoms with Crippen LogP contribution in [-0.4, -0.2) is 34.6 Å². The van der Waals surface area contributed by atoms with Gasteiger partial charge in [-0.15, -0.1) is 0 Å². The first-order valence-electron chi connectivity index (χ1n) is 8.14. The van der Waals surface area contributed by atoms with Crippen LogP contribution in [0.15, 0.2) is 63.1 Å². The molecule has 10 heteroatoms. The largest absolute Gasteiger partial charge is 0.459 e. The van der Waals surface area contributed by atoms with Crippen molar-refractivity contribution in [1.82, 2.24) is 9.97 Å². The highest BCUT2D eigenvalue weighted by atomic mass is 32.2. The van der Waals surface area contributed by atoms with E-state index in [-0.39, 0.29) is 34.1 Å². The number of benzene rings is 1. The van der Waals surface area contributed by atoms with Gasteiger partial charge in [0.15, 0.2) is 22.4 Å². The molecule has 28 heavy (non-hydrogen) atoms. The molecule has 0 aliphatic carbocycles. The summed E-state index contributed by atoms with van der Waals surface area (Å²) in [6.45, 7) is 0. The minimum atomic E-state index is -0.626. The zero-order valence-corrected chi connectivity index (χ0v) is 15.7. The zero-order valence-electron chi connectivity index (χ0n) is 14.8. The van der Waals surface area contributed by atoms with Crippen molar-refractivity contribution in [2.24, 2.45) is 0 Å². The minimum Gasteiger partial charge on any atom is -0.459 e. The van der Waals surface area contributed by atoms with Gasteiger partial charge in [-0.05, 0) is 24.3 Å². The summed E-state index contributed by atoms with van der Waals surface area (Å²) in [6, 6.07) is 12.2. The Labute approximate surface area is 163 Å². The molecule has 0 spiro atoms. The van der Waals surface area contributed by atoms with Gasteiger partial charge in [-0.25, -0.2) is 4.98 Å². The number of nitrogen functional groups attached to an aromatic ring is 1. The lowest BCUT2D eigenvalue weighted by atomic mass is 10.3. The van der Waals surface area contributed by atoms with Crippen molar-refractivity contribution in [2.75, 3.05) is 28.8 Å². The number of para-hydroxylation sites is 1. The molecule has 0 atom stereocenters. The maximum Gasteiger partial charge on any atom is 0.291 e. The Morgan fingerprint density at radius 1 is 1.25 bits per heavy atom. The third-order valence-corrected chi connectivity index (χ3v) is 4.62. The molecule has 0 unspecified atom stereocenters. The lowest BCUT2D eigenvalue weighted by Crippen LogP contribution is -2.28. The Kier molecular flexibility index (Phi) is 5.80. The zero-order chi connectivity index (χ0) is 20.1. The number of aromatic amines is 1. The average molecular weight is 399 g/mol. The summed E-state index contributed by atoms with van der Waals surface area (Å²) in [4.78, 5) is 44.6. The number of H-pyrrole nitrogens is 1. The van der Waals surface area contributed by atoms with E-state index in [4.69, 9.17) is 10.2 Å². The molecule has 2 aromatic heterocycles. The Bertz CT molecular complexity index is 1030. The van der Waals surface area contributed by atoms with Crippen molar-refractivity contribution in [2.45, 2.75) is 5.16 Å². The number of hydrogen-bond acceptors (Lipinski definition) is 7. The molecule has 144 valence electrons. The van der Waals surface area contributed by atoms with Crippen molar-refractivity contribution in [3.63, 3.8) is 0 Å². The first-order chi connectivity index (χ1) is 13.5. The first kappa shape index (κ1) is 19.2. The maximum atomic E-state index is 12.3. The molecule has 4 N–H and O–H groups in total. The van der Waals surface area contributed by atoms with Crippen LogP contribution in [0, 0.1) is 0 Å². The van der Waals surface area contributed by atoms with E-state index in [1.807, 2.05) is 30.3 Å². The molecular weight excluding hydrogens is 382 g/mol. The van der Waals surface area contributed by atoms with Crippen LogP contribution in [0.2, 0.25) is 0 Å². The van der Waals surface area contributed by atoms with Crippen LogP contribution in [0.25, 0.3) is 0 Å². The molecule has 0 bridgehead atoms. The Hall–Kier alpha value is -3.53. The third-order valence-electron chi connectivity index (χ3n) is 3.76. The Morgan fingerprint density at radius 2 is 2.00 bits per heavy atom. The van der Waals surface area contributed by atoms with Gasteiger partial charge in [-0.3, -0.25) is 19.4 Å². The summed E-state index contributed by atoms with van der Waals surface area (Å²) in [7, 11) is 1.66. The van der Waals surface area contributed by atoms with Crippen LogP contribution in [0.1, 0.15) is 10.6 Å². The number of carbonyl (C=O) groups is 2. The van der Waals surface area contributed by atoms with Crippen LogP contribution in [0.3, 0.4) is 0 Å². The van der Waals surface area contributed by atoms with Gasteiger partial charge < -0.3 is 20.4 Å². The van der Waals surface area contributed by atoms with Crippen molar-refractivity contribution < 1.29 is 14.0 Å². The van der Waals surface area contributed by atoms with Crippen molar-refractivity contribution in [3.8, 4) is 0 Å². The smallest absolute Gasteiger partial charge is 0.291 e. The molecular formula is C18H17N5O4S. The Morgan fingerprint density at radius 3 is 2.64 bits per heavy atom. The molecule has 9 nitrogen and oxygen atoms in total. The minimum absolute atomic E-state index is 0.0341. The van der Waals surface area contributed by atoms with Gasteiger partial charge >= 0.3 is 0 Å². The number of furan rings is 1. The highest BCUT2D eigenvalue weighted by molar-refractivity contribution is 7.99. The van der Waals surface area contributed by atoms with E-state index >= 15 is 0 Å². The van der Waals surface area contributed by atoms with E-state index in [2.05, 4.69) is 15.3 Å². The van der Waals surface area contributed by atoms with Gasteiger partial charge in [0.1, 0.15) is 0 Å². The standard InChI is InChI=1S/C18H17N5O4S/c1-23(11-6-3-2-4-7-11)13(24)10-28-18-21-15(19)14(17(26)22-18)20-16(25)12-8-5-9-27-12/h2-9H,10H2,1H3,(H,20,25)(H3,19,21,22,26). The molecule has 1 aromatic carbocycles. The molecule has 2 amide bonds. The predicted octanol–water partition coefficient (Wildman–Crippen LogP) is 1.95. The number of aromatic nitrogens is 2. The maximum absolute atomic E-state index is 12.3. The SMILES string of the molecule is CN(C(=O)CSc1nc(N)c(NC(=O)c2ccco2)c(=O)[nH]1)c1ccccc1. The van der Waals surface area contributed by atoms with E-state index in [0.717, 1.165) is 17.4 Å². The fourth-order valence-electron chi connectivity index (χ4n) is 2.26. The molecule has 0 fully saturated rings. The fourth-order valence-corrected chi connectivity index (χ4v) is 3.05. The molecule has 0 aliphatic heterocycles. The number of nitrogens with two attached hydrogens (primary N) is 1. The lowest BCUT2D eigenvalue weighted by molar-refractivity contribution is -0.115. The molecule has 0 saturated heterocycles. The lowest BCUT2D eigenvalue weighted by Gasteiger charge is -2.16. The third kappa shape index (κ3) is 4.41. The average Bonchev–Trinajstić information content (AvgIpc) is 3.24. The number of amides is 2. The predicted molar refractivity (Wildman–Crippen MR) is 107 cm³/mol. The number of thioether (sulfide) groups is 1. The molecule has 3 aromatic rings. The normalized spacial score (nSPS) is 10.5. The van der Waals surface area contributed by atoms with Crippen LogP contribution < -0.4 is 21.5 Å². The van der Waals surface area contributed by atoms with E-state index in [1.165, 1.54) is 17.2 Å². The summed E-state index contributed by atoms with van der Waals surface area (Å²) in [5, 5.41) is 2.54. The molecule has 0 aliphatic rings. The van der Waals surface area contributed by atoms with E-state index in [1.54, 1.807) is 13.1 Å². The molecule has 3 rings (SSSR count). The summed E-state index contributed by atoms with van der Waals surface area (Å²) in [5.41, 5.74) is 5.74.